The van der Waals surface area contributed by atoms with Crippen LogP contribution in [0.5, 0.6) is 0 Å². The van der Waals surface area contributed by atoms with Crippen LogP contribution < -0.4 is 0 Å². The maximum atomic E-state index is 8.81. The van der Waals surface area contributed by atoms with Gasteiger partial charge in [-0.15, -0.1) is 4.91 Å². The van der Waals surface area contributed by atoms with E-state index in [2.05, 4.69) is 0 Å². The first-order valence-corrected chi connectivity index (χ1v) is 1.20. The zero-order chi connectivity index (χ0) is 5.41. The van der Waals surface area contributed by atoms with Crippen LogP contribution in [0.4, 0.5) is 0 Å². The van der Waals surface area contributed by atoms with Crippen molar-refractivity contribution in [3.63, 3.8) is 0 Å². The number of hydrogen-bond donors (Lipinski definition) is 1. The molecule has 0 amide bonds. The number of nitrogens with zero attached hydrogens (tertiary/aromatic N) is 1. The van der Waals surface area contributed by atoms with Gasteiger partial charge >= 0.3 is 0 Å². The Balaban J connectivity index is 0. The van der Waals surface area contributed by atoms with Gasteiger partial charge in [-0.05, 0) is 6.92 Å². The fourth-order valence-corrected chi connectivity index (χ4v) is 0. The van der Waals surface area contributed by atoms with E-state index in [9.17, 15) is 0 Å². The highest BCUT2D eigenvalue weighted by Crippen LogP contribution is 1.25. The van der Waals surface area contributed by atoms with E-state index in [1.165, 1.54) is 12.3 Å². The Bertz CT molecular complexity index is 29.8. The Kier molecular flexibility index (Phi) is 49.8. The molecule has 0 rings (SSSR count). The zero-order valence-electron chi connectivity index (χ0n) is 3.29. The van der Waals surface area contributed by atoms with Crippen molar-refractivity contribution in [2.24, 2.45) is 5.34 Å². The first kappa shape index (κ1) is 8.91. The summed E-state index contributed by atoms with van der Waals surface area (Å²) in [5, 5.41) is 7.89. The predicted molar refractivity (Wildman–Crippen MR) is 19.3 cm³/mol. The van der Waals surface area contributed by atoms with Gasteiger partial charge in [-0.2, -0.15) is 0 Å². The molecule has 36 valence electrons. The van der Waals surface area contributed by atoms with Crippen molar-refractivity contribution in [1.82, 2.24) is 0 Å². The smallest absolute Gasteiger partial charge is 0.152 e. The molecule has 0 aromatic carbocycles. The number of carbonyl (C=O) groups is 1. The second-order valence-electron chi connectivity index (χ2n) is 0.317. The second kappa shape index (κ2) is 33.5. The zero-order valence-corrected chi connectivity index (χ0v) is 3.29. The maximum Gasteiger partial charge on any atom is 0.152 e. The van der Waals surface area contributed by atoms with Crippen molar-refractivity contribution >= 4 is 6.29 Å². The summed E-state index contributed by atoms with van der Waals surface area (Å²) in [5.41, 5.74) is 0. The summed E-state index contributed by atoms with van der Waals surface area (Å²) in [7, 11) is 0. The molecule has 1 N–H and O–H groups in total. The molecular weight excluding hydrogens is 86.0 g/mol. The van der Waals surface area contributed by atoms with Gasteiger partial charge < -0.3 is 10.0 Å². The third-order valence-corrected chi connectivity index (χ3v) is 0. The average molecular weight is 91.1 g/mol. The predicted octanol–water partition coefficient (Wildman–Crippen LogP) is 0.347. The standard InChI is InChI=1S/C2H4O.HNO2/c1-2-3;2-1-3/h2H,1H3;(H,2,3). The second-order valence-corrected chi connectivity index (χ2v) is 0.317. The first-order chi connectivity index (χ1) is 2.83. The van der Waals surface area contributed by atoms with E-state index < -0.39 is 0 Å². The maximum absolute atomic E-state index is 8.81. The molecule has 0 saturated carbocycles. The van der Waals surface area contributed by atoms with Crippen LogP contribution in [0.1, 0.15) is 6.92 Å². The molecule has 0 radical (unpaired) electrons. The molecule has 0 aromatic heterocycles. The molecule has 0 unspecified atom stereocenters. The van der Waals surface area contributed by atoms with E-state index in [0.717, 1.165) is 6.29 Å². The summed E-state index contributed by atoms with van der Waals surface area (Å²) < 4.78 is 0. The molecule has 6 heavy (non-hydrogen) atoms. The molecular formula is C2H5NO3. The third kappa shape index (κ3) is 15.2. The van der Waals surface area contributed by atoms with Crippen molar-refractivity contribution in [2.75, 3.05) is 0 Å². The molecule has 0 spiro atoms. The highest BCUT2D eigenvalue weighted by atomic mass is 16.6. The van der Waals surface area contributed by atoms with E-state index >= 15 is 0 Å². The van der Waals surface area contributed by atoms with Crippen LogP contribution in [0.3, 0.4) is 0 Å². The van der Waals surface area contributed by atoms with Crippen LogP contribution in [0.25, 0.3) is 0 Å². The van der Waals surface area contributed by atoms with Crippen LogP contribution in [0, 0.1) is 4.91 Å². The number of hydrogen-bond acceptors (Lipinski definition) is 3. The first-order valence-electron chi connectivity index (χ1n) is 1.20. The minimum Gasteiger partial charge on any atom is -0.379 e. The van der Waals surface area contributed by atoms with Crippen LogP contribution in [0.2, 0.25) is 0 Å². The van der Waals surface area contributed by atoms with Crippen molar-refractivity contribution in [2.45, 2.75) is 6.92 Å². The highest BCUT2D eigenvalue weighted by molar-refractivity contribution is 5.44. The molecule has 0 bridgehead atoms. The van der Waals surface area contributed by atoms with Crippen LogP contribution in [0.15, 0.2) is 5.34 Å². The van der Waals surface area contributed by atoms with Gasteiger partial charge in [0.25, 0.3) is 0 Å². The van der Waals surface area contributed by atoms with Crippen LogP contribution in [-0.4, -0.2) is 11.5 Å². The molecule has 0 heterocycles. The molecule has 0 aliphatic carbocycles. The lowest BCUT2D eigenvalue weighted by molar-refractivity contribution is -0.106. The highest BCUT2D eigenvalue weighted by Gasteiger charge is 1.24. The fraction of sp³-hybridized carbons (Fsp3) is 0.500. The fourth-order valence-electron chi connectivity index (χ4n) is 0. The largest absolute Gasteiger partial charge is 0.379 e. The lowest BCUT2D eigenvalue weighted by Gasteiger charge is -1.32. The Morgan fingerprint density at radius 2 is 1.83 bits per heavy atom. The van der Waals surface area contributed by atoms with Crippen molar-refractivity contribution in [3.05, 3.63) is 4.91 Å². The van der Waals surface area contributed by atoms with Crippen LogP contribution in [-0.2, 0) is 4.79 Å². The molecule has 0 aliphatic heterocycles. The summed E-state index contributed by atoms with van der Waals surface area (Å²) in [6.07, 6.45) is 0.750. The van der Waals surface area contributed by atoms with E-state index in [-0.39, 0.29) is 0 Å². The Morgan fingerprint density at radius 1 is 1.83 bits per heavy atom. The SMILES string of the molecule is CC=O.O=NO. The van der Waals surface area contributed by atoms with E-state index in [0.29, 0.717) is 0 Å². The number of carbonyl (C=O) groups excluding carboxylic acids is 1. The van der Waals surface area contributed by atoms with Gasteiger partial charge in [0.05, 0.1) is 0 Å². The molecule has 0 aromatic rings. The minimum absolute atomic E-state index is 0.750. The van der Waals surface area contributed by atoms with Gasteiger partial charge in [-0.1, -0.05) is 0 Å². The Hall–Kier alpha value is -0.930. The average Bonchev–Trinajstić information content (AvgIpc) is 1.39. The van der Waals surface area contributed by atoms with E-state index in [1.54, 1.807) is 0 Å². The summed E-state index contributed by atoms with van der Waals surface area (Å²) in [5.74, 6) is 0. The topological polar surface area (TPSA) is 66.7 Å². The van der Waals surface area contributed by atoms with Gasteiger partial charge in [0.15, 0.2) is 5.34 Å². The molecule has 4 nitrogen and oxygen atoms in total. The lowest BCUT2D eigenvalue weighted by atomic mass is 11.0. The summed E-state index contributed by atoms with van der Waals surface area (Å²) >= 11 is 0. The van der Waals surface area contributed by atoms with Gasteiger partial charge in [0.2, 0.25) is 0 Å². The summed E-state index contributed by atoms with van der Waals surface area (Å²) in [6.45, 7) is 1.44. The minimum atomic E-state index is 0.750. The lowest BCUT2D eigenvalue weighted by Crippen LogP contribution is -1.36. The monoisotopic (exact) mass is 91.0 g/mol. The molecule has 0 aliphatic rings. The molecule has 0 fully saturated rings. The molecule has 0 saturated heterocycles. The normalized spacial score (nSPS) is 4.17. The Labute approximate surface area is 34.7 Å². The third-order valence-electron chi connectivity index (χ3n) is 0. The quantitative estimate of drug-likeness (QED) is 0.265. The van der Waals surface area contributed by atoms with Gasteiger partial charge in [-0.25, -0.2) is 0 Å². The number of aldehydes is 1. The molecule has 0 atom stereocenters. The van der Waals surface area contributed by atoms with E-state index in [1.807, 2.05) is 0 Å². The van der Waals surface area contributed by atoms with Gasteiger partial charge in [0, 0.05) is 0 Å². The summed E-state index contributed by atoms with van der Waals surface area (Å²) in [6, 6.07) is 0. The Morgan fingerprint density at radius 3 is 1.83 bits per heavy atom. The van der Waals surface area contributed by atoms with Crippen molar-refractivity contribution in [1.29, 1.82) is 0 Å². The number of rotatable bonds is 0. The summed E-state index contributed by atoms with van der Waals surface area (Å²) in [4.78, 5) is 16.9. The van der Waals surface area contributed by atoms with Gasteiger partial charge in [0.1, 0.15) is 6.29 Å². The van der Waals surface area contributed by atoms with E-state index in [4.69, 9.17) is 14.9 Å². The van der Waals surface area contributed by atoms with Crippen molar-refractivity contribution in [3.8, 4) is 0 Å². The molecule has 4 heteroatoms. The van der Waals surface area contributed by atoms with Crippen LogP contribution >= 0.6 is 0 Å². The van der Waals surface area contributed by atoms with Gasteiger partial charge in [-0.3, -0.25) is 0 Å². The van der Waals surface area contributed by atoms with Crippen molar-refractivity contribution < 1.29 is 10.0 Å².